The molecule has 126 valence electrons. The van der Waals surface area contributed by atoms with Crippen LogP contribution in [0.1, 0.15) is 12.8 Å². The molecule has 2 aromatic rings. The Bertz CT molecular complexity index is 759. The van der Waals surface area contributed by atoms with Crippen LogP contribution in [0, 0.1) is 0 Å². The molecule has 1 aliphatic rings. The molecule has 0 saturated carbocycles. The van der Waals surface area contributed by atoms with E-state index in [2.05, 4.69) is 26.8 Å². The van der Waals surface area contributed by atoms with Crippen LogP contribution < -0.4 is 15.6 Å². The molecule has 1 fully saturated rings. The molecule has 6 nitrogen and oxygen atoms in total. The van der Waals surface area contributed by atoms with Gasteiger partial charge in [-0.3, -0.25) is 20.4 Å². The summed E-state index contributed by atoms with van der Waals surface area (Å²) in [6, 6.07) is 11.5. The van der Waals surface area contributed by atoms with E-state index in [1.807, 2.05) is 30.3 Å². The van der Waals surface area contributed by atoms with Gasteiger partial charge in [-0.2, -0.15) is 0 Å². The van der Waals surface area contributed by atoms with Gasteiger partial charge in [-0.25, -0.2) is 0 Å². The second-order valence-electron chi connectivity index (χ2n) is 5.48. The first-order chi connectivity index (χ1) is 11.6. The molecule has 3 rings (SSSR count). The van der Waals surface area contributed by atoms with Gasteiger partial charge in [-0.05, 0) is 47.9 Å². The number of hydrogen-bond acceptors (Lipinski definition) is 4. The lowest BCUT2D eigenvalue weighted by Crippen LogP contribution is -2.47. The van der Waals surface area contributed by atoms with E-state index in [0.717, 1.165) is 21.7 Å². The molecule has 7 heteroatoms. The molecule has 1 saturated heterocycles. The van der Waals surface area contributed by atoms with Gasteiger partial charge in [0, 0.05) is 11.1 Å². The fourth-order valence-corrected chi connectivity index (χ4v) is 2.84. The third kappa shape index (κ3) is 4.24. The normalized spacial score (nSPS) is 16.8. The minimum absolute atomic E-state index is 0.187. The predicted molar refractivity (Wildman–Crippen MR) is 92.4 cm³/mol. The van der Waals surface area contributed by atoms with Crippen molar-refractivity contribution in [2.75, 3.05) is 13.2 Å². The molecule has 0 spiro atoms. The van der Waals surface area contributed by atoms with Crippen LogP contribution in [0.15, 0.2) is 40.9 Å². The fourth-order valence-electron chi connectivity index (χ4n) is 2.47. The van der Waals surface area contributed by atoms with Crippen molar-refractivity contribution >= 4 is 38.5 Å². The standard InChI is InChI=1S/C17H17BrN2O4/c18-13-5-3-12-9-14(6-4-11(12)8-13)24-10-16(21)19-20-17(22)15-2-1-7-23-15/h3-6,8-9,15H,1-2,7,10H2,(H,19,21)(H,20,22). The van der Waals surface area contributed by atoms with E-state index < -0.39 is 12.0 Å². The zero-order valence-electron chi connectivity index (χ0n) is 12.9. The first-order valence-corrected chi connectivity index (χ1v) is 8.43. The highest BCUT2D eigenvalue weighted by Gasteiger charge is 2.23. The monoisotopic (exact) mass is 392 g/mol. The summed E-state index contributed by atoms with van der Waals surface area (Å²) in [6.45, 7) is 0.390. The van der Waals surface area contributed by atoms with E-state index in [-0.39, 0.29) is 12.5 Å². The summed E-state index contributed by atoms with van der Waals surface area (Å²) in [6.07, 6.45) is 1.05. The average Bonchev–Trinajstić information content (AvgIpc) is 3.12. The number of benzene rings is 2. The maximum absolute atomic E-state index is 11.7. The van der Waals surface area contributed by atoms with Crippen LogP contribution in [-0.2, 0) is 14.3 Å². The van der Waals surface area contributed by atoms with Gasteiger partial charge in [0.2, 0.25) is 0 Å². The molecule has 2 amide bonds. The maximum atomic E-state index is 11.7. The first-order valence-electron chi connectivity index (χ1n) is 7.64. The molecule has 2 aromatic carbocycles. The van der Waals surface area contributed by atoms with Crippen molar-refractivity contribution in [3.05, 3.63) is 40.9 Å². The fraction of sp³-hybridized carbons (Fsp3) is 0.294. The highest BCUT2D eigenvalue weighted by atomic mass is 79.9. The zero-order chi connectivity index (χ0) is 16.9. The lowest BCUT2D eigenvalue weighted by atomic mass is 10.1. The smallest absolute Gasteiger partial charge is 0.276 e. The molecule has 24 heavy (non-hydrogen) atoms. The van der Waals surface area contributed by atoms with Crippen LogP contribution in [0.25, 0.3) is 10.8 Å². The molecule has 0 radical (unpaired) electrons. The van der Waals surface area contributed by atoms with Gasteiger partial charge in [0.05, 0.1) is 0 Å². The van der Waals surface area contributed by atoms with Gasteiger partial charge in [0.25, 0.3) is 11.8 Å². The number of hydrogen-bond donors (Lipinski definition) is 2. The van der Waals surface area contributed by atoms with Crippen LogP contribution in [-0.4, -0.2) is 31.1 Å². The Morgan fingerprint density at radius 3 is 2.75 bits per heavy atom. The summed E-state index contributed by atoms with van der Waals surface area (Å²) in [5, 5.41) is 2.09. The zero-order valence-corrected chi connectivity index (χ0v) is 14.5. The molecule has 2 N–H and O–H groups in total. The first kappa shape index (κ1) is 16.7. The summed E-state index contributed by atoms with van der Waals surface area (Å²) in [5.74, 6) is -0.181. The van der Waals surface area contributed by atoms with Crippen molar-refractivity contribution in [1.82, 2.24) is 10.9 Å². The third-order valence-corrected chi connectivity index (χ3v) is 4.18. The number of hydrazine groups is 1. The molecule has 0 aliphatic carbocycles. The summed E-state index contributed by atoms with van der Waals surface area (Å²) in [5.41, 5.74) is 4.67. The number of carbonyl (C=O) groups is 2. The van der Waals surface area contributed by atoms with Crippen LogP contribution in [0.2, 0.25) is 0 Å². The highest BCUT2D eigenvalue weighted by Crippen LogP contribution is 2.24. The van der Waals surface area contributed by atoms with Crippen molar-refractivity contribution in [3.8, 4) is 5.75 Å². The topological polar surface area (TPSA) is 76.7 Å². The van der Waals surface area contributed by atoms with E-state index in [1.54, 1.807) is 6.07 Å². The van der Waals surface area contributed by atoms with Crippen molar-refractivity contribution < 1.29 is 19.1 Å². The molecular weight excluding hydrogens is 376 g/mol. The molecule has 0 aromatic heterocycles. The highest BCUT2D eigenvalue weighted by molar-refractivity contribution is 9.10. The Kier molecular flexibility index (Phi) is 5.32. The van der Waals surface area contributed by atoms with Gasteiger partial charge in [0.1, 0.15) is 11.9 Å². The Labute approximate surface area is 147 Å². The minimum Gasteiger partial charge on any atom is -0.484 e. The number of fused-ring (bicyclic) bond motifs is 1. The Hall–Kier alpha value is -2.12. The second kappa shape index (κ2) is 7.63. The SMILES string of the molecule is O=C(COc1ccc2cc(Br)ccc2c1)NNC(=O)C1CCCO1. The minimum atomic E-state index is -0.481. The molecule has 1 unspecified atom stereocenters. The lowest BCUT2D eigenvalue weighted by molar-refractivity contribution is -0.135. The van der Waals surface area contributed by atoms with Crippen LogP contribution in [0.4, 0.5) is 0 Å². The molecule has 1 heterocycles. The summed E-state index contributed by atoms with van der Waals surface area (Å²) in [7, 11) is 0. The van der Waals surface area contributed by atoms with Crippen LogP contribution in [0.5, 0.6) is 5.75 Å². The molecule has 1 atom stereocenters. The summed E-state index contributed by atoms with van der Waals surface area (Å²) >= 11 is 3.43. The van der Waals surface area contributed by atoms with E-state index >= 15 is 0 Å². The van der Waals surface area contributed by atoms with E-state index in [4.69, 9.17) is 9.47 Å². The third-order valence-electron chi connectivity index (χ3n) is 3.69. The van der Waals surface area contributed by atoms with E-state index in [1.165, 1.54) is 0 Å². The van der Waals surface area contributed by atoms with Crippen molar-refractivity contribution in [2.45, 2.75) is 18.9 Å². The Morgan fingerprint density at radius 1 is 1.17 bits per heavy atom. The second-order valence-corrected chi connectivity index (χ2v) is 6.40. The molecular formula is C17H17BrN2O4. The van der Waals surface area contributed by atoms with Crippen molar-refractivity contribution in [1.29, 1.82) is 0 Å². The van der Waals surface area contributed by atoms with Gasteiger partial charge in [-0.15, -0.1) is 0 Å². The molecule has 1 aliphatic heterocycles. The number of ether oxygens (including phenoxy) is 2. The Balaban J connectivity index is 1.48. The Morgan fingerprint density at radius 2 is 1.96 bits per heavy atom. The number of halogens is 1. The largest absolute Gasteiger partial charge is 0.484 e. The number of rotatable bonds is 4. The lowest BCUT2D eigenvalue weighted by Gasteiger charge is -2.12. The molecule has 0 bridgehead atoms. The van der Waals surface area contributed by atoms with E-state index in [0.29, 0.717) is 18.8 Å². The van der Waals surface area contributed by atoms with Gasteiger partial charge in [0.15, 0.2) is 6.61 Å². The van der Waals surface area contributed by atoms with Crippen LogP contribution in [0.3, 0.4) is 0 Å². The predicted octanol–water partition coefficient (Wildman–Crippen LogP) is 2.31. The number of amides is 2. The van der Waals surface area contributed by atoms with Gasteiger partial charge < -0.3 is 9.47 Å². The van der Waals surface area contributed by atoms with Crippen molar-refractivity contribution in [3.63, 3.8) is 0 Å². The average molecular weight is 393 g/mol. The van der Waals surface area contributed by atoms with Gasteiger partial charge >= 0.3 is 0 Å². The number of nitrogens with one attached hydrogen (secondary N) is 2. The van der Waals surface area contributed by atoms with Gasteiger partial charge in [-0.1, -0.05) is 28.1 Å². The van der Waals surface area contributed by atoms with Crippen LogP contribution >= 0.6 is 15.9 Å². The summed E-state index contributed by atoms with van der Waals surface area (Å²) in [4.78, 5) is 23.4. The summed E-state index contributed by atoms with van der Waals surface area (Å²) < 4.78 is 11.7. The number of carbonyl (C=O) groups excluding carboxylic acids is 2. The van der Waals surface area contributed by atoms with Crippen molar-refractivity contribution in [2.24, 2.45) is 0 Å². The quantitative estimate of drug-likeness (QED) is 0.782. The van der Waals surface area contributed by atoms with E-state index in [9.17, 15) is 9.59 Å². The maximum Gasteiger partial charge on any atom is 0.276 e.